The van der Waals surface area contributed by atoms with Gasteiger partial charge in [-0.05, 0) is 18.2 Å². The van der Waals surface area contributed by atoms with E-state index in [1.807, 2.05) is 0 Å². The first-order valence-electron chi connectivity index (χ1n) is 2.77. The van der Waals surface area contributed by atoms with Crippen molar-refractivity contribution in [1.82, 2.24) is 0 Å². The highest BCUT2D eigenvalue weighted by molar-refractivity contribution is 6.35. The molecule has 0 saturated heterocycles. The molecular formula is C7H5ClO2. The number of hydrogen-bond acceptors (Lipinski definition) is 2. The van der Waals surface area contributed by atoms with Gasteiger partial charge in [0.15, 0.2) is 5.78 Å². The van der Waals surface area contributed by atoms with Crippen LogP contribution in [0.15, 0.2) is 23.8 Å². The van der Waals surface area contributed by atoms with Gasteiger partial charge in [-0.2, -0.15) is 0 Å². The number of aldehydes is 1. The number of rotatable bonds is 1. The highest BCUT2D eigenvalue weighted by atomic mass is 35.5. The quantitative estimate of drug-likeness (QED) is 0.417. The van der Waals surface area contributed by atoms with Crippen LogP contribution < -0.4 is 0 Å². The summed E-state index contributed by atoms with van der Waals surface area (Å²) in [5.74, 6) is -0.174. The van der Waals surface area contributed by atoms with Gasteiger partial charge in [0, 0.05) is 5.57 Å². The fraction of sp³-hybridized carbons (Fsp3) is 0.143. The molecule has 1 unspecified atom stereocenters. The number of carbonyl (C=O) groups excluding carboxylic acids is 2. The summed E-state index contributed by atoms with van der Waals surface area (Å²) in [7, 11) is 0. The molecule has 0 amide bonds. The molecule has 3 heteroatoms. The minimum atomic E-state index is -0.662. The summed E-state index contributed by atoms with van der Waals surface area (Å²) in [5.41, 5.74) is 0.458. The average Bonchev–Trinajstić information content (AvgIpc) is 1.95. The Bertz CT molecular complexity index is 228. The van der Waals surface area contributed by atoms with Crippen molar-refractivity contribution in [2.75, 3.05) is 0 Å². The molecule has 1 rings (SSSR count). The van der Waals surface area contributed by atoms with Gasteiger partial charge >= 0.3 is 0 Å². The van der Waals surface area contributed by atoms with Crippen molar-refractivity contribution in [1.29, 1.82) is 0 Å². The van der Waals surface area contributed by atoms with E-state index in [4.69, 9.17) is 11.6 Å². The van der Waals surface area contributed by atoms with Crippen molar-refractivity contribution in [3.63, 3.8) is 0 Å². The zero-order chi connectivity index (χ0) is 7.56. The number of carbonyl (C=O) groups is 2. The van der Waals surface area contributed by atoms with Gasteiger partial charge in [0.25, 0.3) is 0 Å². The largest absolute Gasteiger partial charge is 0.298 e. The van der Waals surface area contributed by atoms with Crippen molar-refractivity contribution in [2.24, 2.45) is 0 Å². The van der Waals surface area contributed by atoms with Crippen molar-refractivity contribution < 1.29 is 9.59 Å². The van der Waals surface area contributed by atoms with E-state index in [0.29, 0.717) is 11.9 Å². The lowest BCUT2D eigenvalue weighted by atomic mass is 10.1. The maximum absolute atomic E-state index is 10.7. The second-order valence-electron chi connectivity index (χ2n) is 1.92. The lowest BCUT2D eigenvalue weighted by molar-refractivity contribution is -0.113. The third kappa shape index (κ3) is 1.33. The van der Waals surface area contributed by atoms with Crippen molar-refractivity contribution in [3.8, 4) is 0 Å². The number of alkyl halides is 1. The molecule has 0 saturated carbocycles. The summed E-state index contributed by atoms with van der Waals surface area (Å²) >= 11 is 5.50. The summed E-state index contributed by atoms with van der Waals surface area (Å²) in [6.07, 6.45) is 4.85. The third-order valence-corrected chi connectivity index (χ3v) is 1.53. The molecule has 2 nitrogen and oxygen atoms in total. The molecule has 10 heavy (non-hydrogen) atoms. The molecule has 0 heterocycles. The third-order valence-electron chi connectivity index (χ3n) is 1.19. The van der Waals surface area contributed by atoms with E-state index in [0.717, 1.165) is 0 Å². The molecule has 1 aliphatic rings. The van der Waals surface area contributed by atoms with Gasteiger partial charge in [0.05, 0.1) is 0 Å². The normalized spacial score (nSPS) is 24.3. The standard InChI is InChI=1S/C7H5ClO2/c8-6-3-5(4-9)1-2-7(6)10/h1-4,6H. The van der Waals surface area contributed by atoms with Crippen molar-refractivity contribution in [2.45, 2.75) is 5.38 Å². The van der Waals surface area contributed by atoms with Gasteiger partial charge in [-0.15, -0.1) is 11.6 Å². The van der Waals surface area contributed by atoms with Crippen molar-refractivity contribution in [3.05, 3.63) is 23.8 Å². The van der Waals surface area contributed by atoms with Crippen LogP contribution in [0.25, 0.3) is 0 Å². The summed E-state index contributed by atoms with van der Waals surface area (Å²) in [6, 6.07) is 0. The summed E-state index contributed by atoms with van der Waals surface area (Å²) in [6.45, 7) is 0. The Morgan fingerprint density at radius 2 is 2.20 bits per heavy atom. The number of ketones is 1. The molecule has 1 aliphatic carbocycles. The van der Waals surface area contributed by atoms with E-state index in [-0.39, 0.29) is 5.78 Å². The number of hydrogen-bond donors (Lipinski definition) is 0. The topological polar surface area (TPSA) is 34.1 Å². The van der Waals surface area contributed by atoms with Gasteiger partial charge < -0.3 is 0 Å². The van der Waals surface area contributed by atoms with Crippen LogP contribution in [0.2, 0.25) is 0 Å². The van der Waals surface area contributed by atoms with Gasteiger partial charge in [0.1, 0.15) is 11.7 Å². The Morgan fingerprint density at radius 1 is 1.50 bits per heavy atom. The van der Waals surface area contributed by atoms with Crippen LogP contribution in [0.4, 0.5) is 0 Å². The van der Waals surface area contributed by atoms with Crippen LogP contribution in [-0.2, 0) is 9.59 Å². The number of halogens is 1. The Hall–Kier alpha value is -0.890. The van der Waals surface area contributed by atoms with Crippen LogP contribution >= 0.6 is 11.6 Å². The smallest absolute Gasteiger partial charge is 0.177 e. The Balaban J connectivity index is 2.85. The van der Waals surface area contributed by atoms with E-state index in [2.05, 4.69) is 0 Å². The van der Waals surface area contributed by atoms with Crippen molar-refractivity contribution >= 4 is 23.7 Å². The first kappa shape index (κ1) is 7.22. The molecule has 0 N–H and O–H groups in total. The molecule has 0 spiro atoms. The minimum absolute atomic E-state index is 0.174. The Labute approximate surface area is 63.2 Å². The minimum Gasteiger partial charge on any atom is -0.298 e. The molecular weight excluding hydrogens is 152 g/mol. The van der Waals surface area contributed by atoms with Gasteiger partial charge in [-0.25, -0.2) is 0 Å². The predicted octanol–water partition coefficient (Wildman–Crippen LogP) is 0.858. The zero-order valence-electron chi connectivity index (χ0n) is 5.08. The van der Waals surface area contributed by atoms with E-state index in [1.165, 1.54) is 18.2 Å². The lowest BCUT2D eigenvalue weighted by Crippen LogP contribution is -2.12. The van der Waals surface area contributed by atoms with Gasteiger partial charge in [-0.1, -0.05) is 0 Å². The van der Waals surface area contributed by atoms with Gasteiger partial charge in [-0.3, -0.25) is 9.59 Å². The van der Waals surface area contributed by atoms with Crippen LogP contribution in [0.5, 0.6) is 0 Å². The van der Waals surface area contributed by atoms with E-state index in [9.17, 15) is 9.59 Å². The second-order valence-corrected chi connectivity index (χ2v) is 2.39. The molecule has 0 aliphatic heterocycles. The first-order valence-corrected chi connectivity index (χ1v) is 3.20. The van der Waals surface area contributed by atoms with Gasteiger partial charge in [0.2, 0.25) is 0 Å². The molecule has 52 valence electrons. The maximum atomic E-state index is 10.7. The summed E-state index contributed by atoms with van der Waals surface area (Å²) in [5, 5.41) is -0.662. The van der Waals surface area contributed by atoms with Crippen LogP contribution in [0, 0.1) is 0 Å². The molecule has 0 radical (unpaired) electrons. The SMILES string of the molecule is O=CC1=CC(Cl)C(=O)C=C1. The monoisotopic (exact) mass is 156 g/mol. The van der Waals surface area contributed by atoms with E-state index >= 15 is 0 Å². The van der Waals surface area contributed by atoms with E-state index < -0.39 is 5.38 Å². The first-order chi connectivity index (χ1) is 4.74. The maximum Gasteiger partial charge on any atom is 0.177 e. The molecule has 1 atom stereocenters. The highest BCUT2D eigenvalue weighted by Crippen LogP contribution is 2.10. The van der Waals surface area contributed by atoms with Crippen LogP contribution in [0.3, 0.4) is 0 Å². The van der Waals surface area contributed by atoms with E-state index in [1.54, 1.807) is 0 Å². The molecule has 0 aromatic heterocycles. The second kappa shape index (κ2) is 2.80. The molecule has 0 aromatic rings. The predicted molar refractivity (Wildman–Crippen MR) is 37.9 cm³/mol. The lowest BCUT2D eigenvalue weighted by Gasteiger charge is -2.03. The Kier molecular flexibility index (Phi) is 2.02. The number of allylic oxidation sites excluding steroid dienone is 4. The fourth-order valence-electron chi connectivity index (χ4n) is 0.656. The van der Waals surface area contributed by atoms with Crippen LogP contribution in [-0.4, -0.2) is 17.4 Å². The molecule has 0 fully saturated rings. The zero-order valence-corrected chi connectivity index (χ0v) is 5.84. The molecule has 0 bridgehead atoms. The summed E-state index contributed by atoms with van der Waals surface area (Å²) in [4.78, 5) is 20.8. The molecule has 0 aromatic carbocycles. The van der Waals surface area contributed by atoms with Crippen LogP contribution in [0.1, 0.15) is 0 Å². The average molecular weight is 157 g/mol. The fourth-order valence-corrected chi connectivity index (χ4v) is 0.874. The highest BCUT2D eigenvalue weighted by Gasteiger charge is 2.13. The summed E-state index contributed by atoms with van der Waals surface area (Å²) < 4.78 is 0. The Morgan fingerprint density at radius 3 is 2.70 bits per heavy atom.